The number of nitrogens with zero attached hydrogens (tertiary/aromatic N) is 1. The van der Waals surface area contributed by atoms with Gasteiger partial charge >= 0.3 is 12.1 Å². The molecule has 25 heavy (non-hydrogen) atoms. The summed E-state index contributed by atoms with van der Waals surface area (Å²) >= 11 is 0. The molecule has 1 aromatic rings. The number of alkyl halides is 3. The predicted octanol–water partition coefficient (Wildman–Crippen LogP) is 3.02. The van der Waals surface area contributed by atoms with Crippen LogP contribution in [0.25, 0.3) is 0 Å². The lowest BCUT2D eigenvalue weighted by atomic mass is 9.74. The van der Waals surface area contributed by atoms with Gasteiger partial charge in [-0.1, -0.05) is 25.1 Å². The summed E-state index contributed by atoms with van der Waals surface area (Å²) < 4.78 is 31.7. The van der Waals surface area contributed by atoms with E-state index >= 15 is 0 Å². The number of nitrogens with one attached hydrogen (secondary N) is 1. The number of hydrogen-bond acceptors (Lipinski definition) is 3. The molecule has 1 amide bonds. The van der Waals surface area contributed by atoms with Crippen LogP contribution in [-0.2, 0) is 15.0 Å². The average Bonchev–Trinajstić information content (AvgIpc) is 2.93. The second-order valence-electron chi connectivity index (χ2n) is 6.22. The Labute approximate surface area is 143 Å². The first-order valence-electron chi connectivity index (χ1n) is 8.11. The van der Waals surface area contributed by atoms with E-state index in [1.807, 2.05) is 11.8 Å². The third kappa shape index (κ3) is 4.24. The number of rotatable bonds is 1. The van der Waals surface area contributed by atoms with Crippen molar-refractivity contribution in [2.75, 3.05) is 25.0 Å². The molecule has 1 fully saturated rings. The van der Waals surface area contributed by atoms with Gasteiger partial charge in [0.25, 0.3) is 0 Å². The van der Waals surface area contributed by atoms with Crippen LogP contribution in [0.15, 0.2) is 24.3 Å². The van der Waals surface area contributed by atoms with Gasteiger partial charge in [-0.15, -0.1) is 0 Å². The van der Waals surface area contributed by atoms with E-state index in [0.717, 1.165) is 32.5 Å². The number of aliphatic carboxylic acids is 1. The molecule has 2 N–H and O–H groups in total. The number of carboxylic acid groups (broad SMARTS) is 1. The molecule has 0 radical (unpaired) electrons. The van der Waals surface area contributed by atoms with E-state index in [1.165, 1.54) is 11.3 Å². The van der Waals surface area contributed by atoms with Crippen molar-refractivity contribution in [1.29, 1.82) is 0 Å². The summed E-state index contributed by atoms with van der Waals surface area (Å²) in [6, 6.07) is 8.61. The van der Waals surface area contributed by atoms with Gasteiger partial charge < -0.3 is 15.3 Å². The molecular weight excluding hydrogens is 337 g/mol. The fourth-order valence-electron chi connectivity index (χ4n) is 3.31. The molecular formula is C17H21F3N2O3. The zero-order valence-electron chi connectivity index (χ0n) is 13.9. The molecule has 2 heterocycles. The maximum atomic E-state index is 11.7. The number of halogens is 3. The van der Waals surface area contributed by atoms with Crippen molar-refractivity contribution in [1.82, 2.24) is 4.90 Å². The minimum absolute atomic E-state index is 0.265. The number of anilines is 1. The zero-order valence-corrected chi connectivity index (χ0v) is 13.9. The summed E-state index contributed by atoms with van der Waals surface area (Å²) in [4.78, 5) is 22.6. The molecule has 138 valence electrons. The smallest absolute Gasteiger partial charge is 0.475 e. The van der Waals surface area contributed by atoms with Crippen molar-refractivity contribution in [3.8, 4) is 0 Å². The van der Waals surface area contributed by atoms with Crippen LogP contribution >= 0.6 is 0 Å². The van der Waals surface area contributed by atoms with E-state index in [4.69, 9.17) is 9.90 Å². The number of hydrogen-bond donors (Lipinski definition) is 2. The first-order chi connectivity index (χ1) is 11.7. The topological polar surface area (TPSA) is 69.6 Å². The van der Waals surface area contributed by atoms with Gasteiger partial charge in [-0.3, -0.25) is 4.79 Å². The Hall–Kier alpha value is -2.25. The second kappa shape index (κ2) is 7.33. The van der Waals surface area contributed by atoms with Gasteiger partial charge in [0, 0.05) is 37.2 Å². The lowest BCUT2D eigenvalue weighted by Gasteiger charge is -2.39. The Bertz CT molecular complexity index is 638. The number of benzene rings is 1. The Morgan fingerprint density at radius 1 is 1.24 bits per heavy atom. The molecule has 0 unspecified atom stereocenters. The van der Waals surface area contributed by atoms with Crippen LogP contribution in [0.2, 0.25) is 0 Å². The first-order valence-corrected chi connectivity index (χ1v) is 8.11. The monoisotopic (exact) mass is 358 g/mol. The number of para-hydroxylation sites is 1. The fraction of sp³-hybridized carbons (Fsp3) is 0.529. The van der Waals surface area contributed by atoms with Crippen molar-refractivity contribution in [2.24, 2.45) is 0 Å². The molecule has 0 atom stereocenters. The predicted molar refractivity (Wildman–Crippen MR) is 86.4 cm³/mol. The number of fused-ring (bicyclic) bond motifs is 2. The van der Waals surface area contributed by atoms with E-state index in [1.54, 1.807) is 0 Å². The van der Waals surface area contributed by atoms with Crippen molar-refractivity contribution in [3.05, 3.63) is 29.8 Å². The second-order valence-corrected chi connectivity index (χ2v) is 6.22. The molecule has 3 rings (SSSR count). The van der Waals surface area contributed by atoms with Gasteiger partial charge in [0.05, 0.1) is 0 Å². The highest BCUT2D eigenvalue weighted by atomic mass is 19.4. The summed E-state index contributed by atoms with van der Waals surface area (Å²) in [7, 11) is 0. The molecule has 1 spiro atoms. The van der Waals surface area contributed by atoms with Crippen LogP contribution in [0.1, 0.15) is 31.7 Å². The molecule has 1 saturated heterocycles. The van der Waals surface area contributed by atoms with E-state index in [2.05, 4.69) is 29.6 Å². The van der Waals surface area contributed by atoms with Crippen LogP contribution < -0.4 is 5.32 Å². The number of carbonyl (C=O) groups excluding carboxylic acids is 1. The highest BCUT2D eigenvalue weighted by Crippen LogP contribution is 2.43. The average molecular weight is 358 g/mol. The molecule has 0 bridgehead atoms. The number of amides is 1. The van der Waals surface area contributed by atoms with Gasteiger partial charge in [-0.05, 0) is 24.5 Å². The van der Waals surface area contributed by atoms with Crippen molar-refractivity contribution < 1.29 is 27.9 Å². The first kappa shape index (κ1) is 19.1. The minimum atomic E-state index is -5.08. The van der Waals surface area contributed by atoms with Crippen molar-refractivity contribution in [3.63, 3.8) is 0 Å². The Kier molecular flexibility index (Phi) is 5.59. The summed E-state index contributed by atoms with van der Waals surface area (Å²) in [5.41, 5.74) is 3.00. The van der Waals surface area contributed by atoms with Crippen LogP contribution in [0.5, 0.6) is 0 Å². The van der Waals surface area contributed by atoms with Gasteiger partial charge in [0.2, 0.25) is 5.91 Å². The minimum Gasteiger partial charge on any atom is -0.475 e. The SMILES string of the molecule is CCC(=O)N1CCC2(CC1)CNc1ccccc12.O=C(O)C(F)(F)F. The van der Waals surface area contributed by atoms with Crippen molar-refractivity contribution in [2.45, 2.75) is 37.8 Å². The van der Waals surface area contributed by atoms with Gasteiger partial charge in [-0.2, -0.15) is 13.2 Å². The Morgan fingerprint density at radius 3 is 2.32 bits per heavy atom. The van der Waals surface area contributed by atoms with Crippen LogP contribution in [0.4, 0.5) is 18.9 Å². The van der Waals surface area contributed by atoms with Crippen LogP contribution in [-0.4, -0.2) is 47.7 Å². The van der Waals surface area contributed by atoms with E-state index in [-0.39, 0.29) is 5.41 Å². The third-order valence-corrected chi connectivity index (χ3v) is 4.73. The Morgan fingerprint density at radius 2 is 1.80 bits per heavy atom. The van der Waals surface area contributed by atoms with E-state index in [0.29, 0.717) is 12.3 Å². The highest BCUT2D eigenvalue weighted by molar-refractivity contribution is 5.76. The van der Waals surface area contributed by atoms with Gasteiger partial charge in [0.1, 0.15) is 0 Å². The van der Waals surface area contributed by atoms with Gasteiger partial charge in [-0.25, -0.2) is 4.79 Å². The summed E-state index contributed by atoms with van der Waals surface area (Å²) in [6.07, 6.45) is -2.28. The maximum Gasteiger partial charge on any atom is 0.490 e. The normalized spacial score (nSPS) is 18.0. The van der Waals surface area contributed by atoms with Gasteiger partial charge in [0.15, 0.2) is 0 Å². The number of carbonyl (C=O) groups is 2. The molecule has 5 nitrogen and oxygen atoms in total. The summed E-state index contributed by atoms with van der Waals surface area (Å²) in [6.45, 7) is 4.78. The number of likely N-dealkylation sites (tertiary alicyclic amines) is 1. The molecule has 1 aromatic carbocycles. The lowest BCUT2D eigenvalue weighted by molar-refractivity contribution is -0.192. The largest absolute Gasteiger partial charge is 0.490 e. The molecule has 2 aliphatic heterocycles. The van der Waals surface area contributed by atoms with E-state index < -0.39 is 12.1 Å². The van der Waals surface area contributed by atoms with Crippen LogP contribution in [0, 0.1) is 0 Å². The molecule has 2 aliphatic rings. The molecule has 0 aliphatic carbocycles. The molecule has 0 aromatic heterocycles. The number of carboxylic acids is 1. The molecule has 8 heteroatoms. The maximum absolute atomic E-state index is 11.7. The van der Waals surface area contributed by atoms with Crippen molar-refractivity contribution >= 4 is 17.6 Å². The standard InChI is InChI=1S/C15H20N2O.C2HF3O2/c1-2-14(18)17-9-7-15(8-10-17)11-16-13-6-4-3-5-12(13)15;3-2(4,5)1(6)7/h3-6,16H,2,7-11H2,1H3;(H,6,7). The summed E-state index contributed by atoms with van der Waals surface area (Å²) in [5, 5.41) is 10.6. The van der Waals surface area contributed by atoms with Crippen LogP contribution in [0.3, 0.4) is 0 Å². The fourth-order valence-corrected chi connectivity index (χ4v) is 3.31. The van der Waals surface area contributed by atoms with E-state index in [9.17, 15) is 18.0 Å². The third-order valence-electron chi connectivity index (χ3n) is 4.73. The zero-order chi connectivity index (χ0) is 18.7. The molecule has 0 saturated carbocycles. The quantitative estimate of drug-likeness (QED) is 0.810. The Balaban J connectivity index is 0.000000277. The highest BCUT2D eigenvalue weighted by Gasteiger charge is 2.41. The number of piperidine rings is 1. The lowest BCUT2D eigenvalue weighted by Crippen LogP contribution is -2.45. The summed E-state index contributed by atoms with van der Waals surface area (Å²) in [5.74, 6) is -2.46.